The van der Waals surface area contributed by atoms with Crippen molar-refractivity contribution in [3.8, 4) is 0 Å². The molecular weight excluding hydrogens is 222 g/mol. The van der Waals surface area contributed by atoms with Gasteiger partial charge in [0.1, 0.15) is 0 Å². The van der Waals surface area contributed by atoms with Gasteiger partial charge in [-0.15, -0.1) is 0 Å². The molecule has 0 aromatic heterocycles. The van der Waals surface area contributed by atoms with Gasteiger partial charge in [-0.2, -0.15) is 0 Å². The van der Waals surface area contributed by atoms with E-state index in [1.54, 1.807) is 0 Å². The summed E-state index contributed by atoms with van der Waals surface area (Å²) in [5, 5.41) is 0. The highest BCUT2D eigenvalue weighted by atomic mass is 16.1. The number of ketones is 1. The van der Waals surface area contributed by atoms with E-state index < -0.39 is 0 Å². The van der Waals surface area contributed by atoms with Crippen LogP contribution in [0.25, 0.3) is 0 Å². The Kier molecular flexibility index (Phi) is 4.40. The second kappa shape index (κ2) is 6.03. The van der Waals surface area contributed by atoms with Crippen LogP contribution in [0.4, 0.5) is 5.69 Å². The monoisotopic (exact) mass is 245 g/mol. The van der Waals surface area contributed by atoms with E-state index in [2.05, 4.69) is 17.0 Å². The van der Waals surface area contributed by atoms with Crippen molar-refractivity contribution in [2.24, 2.45) is 5.92 Å². The Labute approximate surface area is 110 Å². The van der Waals surface area contributed by atoms with Gasteiger partial charge in [-0.3, -0.25) is 4.79 Å². The molecule has 0 saturated carbocycles. The molecule has 0 spiro atoms. The fraction of sp³-hybridized carbons (Fsp3) is 0.562. The molecule has 0 atom stereocenters. The molecule has 0 N–H and O–H groups in total. The average molecular weight is 245 g/mol. The van der Waals surface area contributed by atoms with Gasteiger partial charge in [0.05, 0.1) is 0 Å². The topological polar surface area (TPSA) is 20.3 Å². The summed E-state index contributed by atoms with van der Waals surface area (Å²) in [5.74, 6) is 0.312. The van der Waals surface area contributed by atoms with Crippen molar-refractivity contribution >= 4 is 11.5 Å². The lowest BCUT2D eigenvalue weighted by atomic mass is 10.0. The highest BCUT2D eigenvalue weighted by Crippen LogP contribution is 2.20. The Morgan fingerprint density at radius 3 is 2.06 bits per heavy atom. The molecule has 2 rings (SSSR count). The molecule has 1 saturated heterocycles. The first kappa shape index (κ1) is 13.1. The average Bonchev–Trinajstić information content (AvgIpc) is 2.67. The standard InChI is InChI=1S/C16H23NO/c1-13(2)16(18)14-7-9-15(10-8-14)17-11-5-3-4-6-12-17/h7-10,13H,3-6,11-12H2,1-2H3. The molecule has 0 amide bonds. The molecule has 0 aliphatic carbocycles. The zero-order valence-electron chi connectivity index (χ0n) is 11.5. The van der Waals surface area contributed by atoms with Crippen molar-refractivity contribution < 1.29 is 4.79 Å². The summed E-state index contributed by atoms with van der Waals surface area (Å²) in [7, 11) is 0. The van der Waals surface area contributed by atoms with Crippen molar-refractivity contribution in [3.05, 3.63) is 29.8 Å². The predicted octanol–water partition coefficient (Wildman–Crippen LogP) is 3.91. The normalized spacial score (nSPS) is 16.7. The maximum atomic E-state index is 11.9. The van der Waals surface area contributed by atoms with Crippen LogP contribution in [0, 0.1) is 5.92 Å². The second-order valence-corrected chi connectivity index (χ2v) is 5.47. The lowest BCUT2D eigenvalue weighted by Gasteiger charge is -2.22. The van der Waals surface area contributed by atoms with Crippen molar-refractivity contribution in [2.75, 3.05) is 18.0 Å². The number of benzene rings is 1. The maximum absolute atomic E-state index is 11.9. The molecule has 1 aliphatic rings. The highest BCUT2D eigenvalue weighted by Gasteiger charge is 2.12. The van der Waals surface area contributed by atoms with Crippen LogP contribution in [-0.2, 0) is 0 Å². The van der Waals surface area contributed by atoms with Crippen LogP contribution >= 0.6 is 0 Å². The molecule has 2 nitrogen and oxygen atoms in total. The Hall–Kier alpha value is -1.31. The van der Waals surface area contributed by atoms with Gasteiger partial charge >= 0.3 is 0 Å². The van der Waals surface area contributed by atoms with Crippen LogP contribution in [-0.4, -0.2) is 18.9 Å². The fourth-order valence-electron chi connectivity index (χ4n) is 2.50. The van der Waals surface area contributed by atoms with Crippen molar-refractivity contribution in [1.82, 2.24) is 0 Å². The molecule has 18 heavy (non-hydrogen) atoms. The van der Waals surface area contributed by atoms with Crippen LogP contribution in [0.2, 0.25) is 0 Å². The van der Waals surface area contributed by atoms with Gasteiger partial charge < -0.3 is 4.90 Å². The highest BCUT2D eigenvalue weighted by molar-refractivity contribution is 5.97. The second-order valence-electron chi connectivity index (χ2n) is 5.47. The van der Waals surface area contributed by atoms with E-state index >= 15 is 0 Å². The molecule has 0 unspecified atom stereocenters. The van der Waals surface area contributed by atoms with Gasteiger partial charge in [0, 0.05) is 30.3 Å². The molecule has 1 aliphatic heterocycles. The van der Waals surface area contributed by atoms with Crippen molar-refractivity contribution in [2.45, 2.75) is 39.5 Å². The molecule has 2 heteroatoms. The SMILES string of the molecule is CC(C)C(=O)c1ccc(N2CCCCCC2)cc1. The van der Waals surface area contributed by atoms with Crippen molar-refractivity contribution in [1.29, 1.82) is 0 Å². The third-order valence-electron chi connectivity index (χ3n) is 3.65. The number of Topliss-reactive ketones (excluding diaryl/α,β-unsaturated/α-hetero) is 1. The third-order valence-corrected chi connectivity index (χ3v) is 3.65. The molecule has 1 aromatic rings. The van der Waals surface area contributed by atoms with E-state index in [1.165, 1.54) is 31.4 Å². The van der Waals surface area contributed by atoms with E-state index in [1.807, 2.05) is 26.0 Å². The van der Waals surface area contributed by atoms with Crippen molar-refractivity contribution in [3.63, 3.8) is 0 Å². The number of hydrogen-bond acceptors (Lipinski definition) is 2. The number of hydrogen-bond donors (Lipinski definition) is 0. The first-order valence-electron chi connectivity index (χ1n) is 7.07. The largest absolute Gasteiger partial charge is 0.372 e. The lowest BCUT2D eigenvalue weighted by Crippen LogP contribution is -2.23. The minimum atomic E-state index is 0.0778. The summed E-state index contributed by atoms with van der Waals surface area (Å²) < 4.78 is 0. The maximum Gasteiger partial charge on any atom is 0.165 e. The van der Waals surface area contributed by atoms with Crippen LogP contribution in [0.1, 0.15) is 49.9 Å². The zero-order chi connectivity index (χ0) is 13.0. The van der Waals surface area contributed by atoms with Crippen LogP contribution in [0.15, 0.2) is 24.3 Å². The Morgan fingerprint density at radius 2 is 1.56 bits per heavy atom. The van der Waals surface area contributed by atoms with Gasteiger partial charge in [0.2, 0.25) is 0 Å². The first-order valence-corrected chi connectivity index (χ1v) is 7.07. The fourth-order valence-corrected chi connectivity index (χ4v) is 2.50. The lowest BCUT2D eigenvalue weighted by molar-refractivity contribution is 0.0939. The van der Waals surface area contributed by atoms with Crippen LogP contribution < -0.4 is 4.90 Å². The molecule has 98 valence electrons. The first-order chi connectivity index (χ1) is 8.68. The summed E-state index contributed by atoms with van der Waals surface area (Å²) in [5.41, 5.74) is 2.10. The summed E-state index contributed by atoms with van der Waals surface area (Å²) >= 11 is 0. The summed E-state index contributed by atoms with van der Waals surface area (Å²) in [6, 6.07) is 8.15. The van der Waals surface area contributed by atoms with E-state index in [0.717, 1.165) is 18.7 Å². The number of rotatable bonds is 3. The Morgan fingerprint density at radius 1 is 1.00 bits per heavy atom. The summed E-state index contributed by atoms with van der Waals surface area (Å²) in [6.07, 6.45) is 5.26. The van der Waals surface area contributed by atoms with E-state index in [0.29, 0.717) is 0 Å². The van der Waals surface area contributed by atoms with Gasteiger partial charge in [0.25, 0.3) is 0 Å². The molecule has 1 fully saturated rings. The minimum absolute atomic E-state index is 0.0778. The predicted molar refractivity (Wildman–Crippen MR) is 76.3 cm³/mol. The Bertz CT molecular complexity index is 386. The van der Waals surface area contributed by atoms with E-state index in [4.69, 9.17) is 0 Å². The number of anilines is 1. The van der Waals surface area contributed by atoms with Crippen LogP contribution in [0.3, 0.4) is 0 Å². The number of carbonyl (C=O) groups excluding carboxylic acids is 1. The summed E-state index contributed by atoms with van der Waals surface area (Å²) in [6.45, 7) is 6.20. The van der Waals surface area contributed by atoms with E-state index in [-0.39, 0.29) is 11.7 Å². The van der Waals surface area contributed by atoms with Gasteiger partial charge in [-0.05, 0) is 37.1 Å². The third kappa shape index (κ3) is 3.12. The molecule has 1 heterocycles. The van der Waals surface area contributed by atoms with E-state index in [9.17, 15) is 4.79 Å². The smallest absolute Gasteiger partial charge is 0.165 e. The van der Waals surface area contributed by atoms with Gasteiger partial charge in [-0.1, -0.05) is 26.7 Å². The molecule has 1 aromatic carbocycles. The Balaban J connectivity index is 2.09. The zero-order valence-corrected chi connectivity index (χ0v) is 11.5. The van der Waals surface area contributed by atoms with Crippen LogP contribution in [0.5, 0.6) is 0 Å². The molecular formula is C16H23NO. The number of carbonyl (C=O) groups is 1. The van der Waals surface area contributed by atoms with Gasteiger partial charge in [-0.25, -0.2) is 0 Å². The number of nitrogens with zero attached hydrogens (tertiary/aromatic N) is 1. The van der Waals surface area contributed by atoms with Gasteiger partial charge in [0.15, 0.2) is 5.78 Å². The minimum Gasteiger partial charge on any atom is -0.372 e. The summed E-state index contributed by atoms with van der Waals surface area (Å²) in [4.78, 5) is 14.3. The molecule has 0 radical (unpaired) electrons. The quantitative estimate of drug-likeness (QED) is 0.753. The molecule has 0 bridgehead atoms.